The normalized spacial score (nSPS) is 10.4. The number of carbonyl (C=O) groups excluding carboxylic acids is 1. The molecule has 1 N–H and O–H groups in total. The Morgan fingerprint density at radius 3 is 2.32 bits per heavy atom. The number of aromatic nitrogens is 1. The molecule has 0 aliphatic heterocycles. The Balaban J connectivity index is 1.96. The van der Waals surface area contributed by atoms with E-state index in [2.05, 4.69) is 15.9 Å². The summed E-state index contributed by atoms with van der Waals surface area (Å²) in [7, 11) is 1.54. The van der Waals surface area contributed by atoms with Gasteiger partial charge in [0.05, 0.1) is 19.2 Å². The predicted octanol–water partition coefficient (Wildman–Crippen LogP) is 3.82. The molecule has 0 aliphatic carbocycles. The molecular weight excluding hydrogens is 464 g/mol. The molecule has 3 aromatic rings. The van der Waals surface area contributed by atoms with E-state index >= 15 is 0 Å². The van der Waals surface area contributed by atoms with Gasteiger partial charge in [-0.05, 0) is 54.4 Å². The Kier molecular flexibility index (Phi) is 6.78. The second-order valence-corrected chi connectivity index (χ2v) is 7.63. The predicted molar refractivity (Wildman–Crippen MR) is 118 cm³/mol. The first-order chi connectivity index (χ1) is 14.8. The van der Waals surface area contributed by atoms with Gasteiger partial charge in [0.2, 0.25) is 11.7 Å². The van der Waals surface area contributed by atoms with E-state index in [1.54, 1.807) is 55.6 Å². The molecule has 158 valence electrons. The number of benzene rings is 2. The molecule has 0 unspecified atom stereocenters. The molecule has 8 heteroatoms. The van der Waals surface area contributed by atoms with Gasteiger partial charge in [-0.3, -0.25) is 14.2 Å². The number of rotatable bonds is 7. The van der Waals surface area contributed by atoms with Gasteiger partial charge in [-0.1, -0.05) is 28.1 Å². The molecule has 3 rings (SSSR count). The van der Waals surface area contributed by atoms with E-state index in [9.17, 15) is 20.0 Å². The second-order valence-electron chi connectivity index (χ2n) is 6.72. The minimum Gasteiger partial charge on any atom is -0.497 e. The van der Waals surface area contributed by atoms with Crippen molar-refractivity contribution in [2.24, 2.45) is 0 Å². The lowest BCUT2D eigenvalue weighted by atomic mass is 10.0. The summed E-state index contributed by atoms with van der Waals surface area (Å²) in [5.41, 5.74) is -0.158. The number of ether oxygens (including phenoxy) is 2. The standard InChI is InChI=1S/C23H19BrN2O5/c1-14-19(11-25)22(28)26(12-15-3-7-17(30-2)8-4-15)23(29)21(14)20(27)13-31-18-9-5-16(24)6-10-18/h3-10,29H,12-13H2,1-2H3. The number of pyridine rings is 1. The van der Waals surface area contributed by atoms with Crippen molar-refractivity contribution in [2.75, 3.05) is 13.7 Å². The fourth-order valence-corrected chi connectivity index (χ4v) is 3.36. The molecule has 0 spiro atoms. The molecule has 0 radical (unpaired) electrons. The van der Waals surface area contributed by atoms with Crippen LogP contribution in [0.3, 0.4) is 0 Å². The molecule has 1 aromatic heterocycles. The number of nitrogens with zero attached hydrogens (tertiary/aromatic N) is 2. The van der Waals surface area contributed by atoms with Gasteiger partial charge < -0.3 is 14.6 Å². The van der Waals surface area contributed by atoms with Gasteiger partial charge in [0.25, 0.3) is 5.56 Å². The Bertz CT molecular complexity index is 1210. The molecule has 1 heterocycles. The van der Waals surface area contributed by atoms with Gasteiger partial charge in [0, 0.05) is 4.47 Å². The zero-order chi connectivity index (χ0) is 22.5. The molecule has 2 aromatic carbocycles. The summed E-state index contributed by atoms with van der Waals surface area (Å²) >= 11 is 3.32. The van der Waals surface area contributed by atoms with E-state index in [-0.39, 0.29) is 29.8 Å². The van der Waals surface area contributed by atoms with Crippen molar-refractivity contribution in [1.29, 1.82) is 5.26 Å². The lowest BCUT2D eigenvalue weighted by Gasteiger charge is -2.16. The highest BCUT2D eigenvalue weighted by Gasteiger charge is 2.24. The zero-order valence-electron chi connectivity index (χ0n) is 16.9. The SMILES string of the molecule is COc1ccc(Cn2c(O)c(C(=O)COc3ccc(Br)cc3)c(C)c(C#N)c2=O)cc1. The van der Waals surface area contributed by atoms with Crippen molar-refractivity contribution < 1.29 is 19.4 Å². The van der Waals surface area contributed by atoms with Crippen molar-refractivity contribution in [3.8, 4) is 23.4 Å². The highest BCUT2D eigenvalue weighted by molar-refractivity contribution is 9.10. The number of aromatic hydroxyl groups is 1. The third-order valence-corrected chi connectivity index (χ3v) is 5.29. The van der Waals surface area contributed by atoms with Crippen LogP contribution in [-0.4, -0.2) is 29.2 Å². The van der Waals surface area contributed by atoms with Gasteiger partial charge >= 0.3 is 0 Å². The van der Waals surface area contributed by atoms with E-state index < -0.39 is 17.2 Å². The third kappa shape index (κ3) is 4.78. The summed E-state index contributed by atoms with van der Waals surface area (Å²) in [6.45, 7) is 1.09. The molecule has 0 aliphatic rings. The van der Waals surface area contributed by atoms with E-state index in [0.29, 0.717) is 17.1 Å². The maximum absolute atomic E-state index is 12.9. The summed E-state index contributed by atoms with van der Waals surface area (Å²) < 4.78 is 12.5. The van der Waals surface area contributed by atoms with Crippen molar-refractivity contribution in [2.45, 2.75) is 13.5 Å². The summed E-state index contributed by atoms with van der Waals surface area (Å²) in [6, 6.07) is 15.7. The van der Waals surface area contributed by atoms with Gasteiger partial charge in [0.1, 0.15) is 23.1 Å². The summed E-state index contributed by atoms with van der Waals surface area (Å²) in [5, 5.41) is 20.3. The fraction of sp³-hybridized carbons (Fsp3) is 0.174. The van der Waals surface area contributed by atoms with E-state index in [1.807, 2.05) is 6.07 Å². The number of hydrogen-bond acceptors (Lipinski definition) is 6. The topological polar surface area (TPSA) is 102 Å². The zero-order valence-corrected chi connectivity index (χ0v) is 18.5. The highest BCUT2D eigenvalue weighted by Crippen LogP contribution is 2.24. The minimum atomic E-state index is -0.668. The van der Waals surface area contributed by atoms with Crippen LogP contribution in [0.1, 0.15) is 27.0 Å². The van der Waals surface area contributed by atoms with Crippen LogP contribution in [0, 0.1) is 18.3 Å². The van der Waals surface area contributed by atoms with Crippen LogP contribution in [0.5, 0.6) is 17.4 Å². The molecular formula is C23H19BrN2O5. The lowest BCUT2D eigenvalue weighted by Crippen LogP contribution is -2.28. The largest absolute Gasteiger partial charge is 0.497 e. The number of carbonyl (C=O) groups is 1. The molecule has 7 nitrogen and oxygen atoms in total. The van der Waals surface area contributed by atoms with Crippen molar-refractivity contribution in [3.05, 3.63) is 85.6 Å². The van der Waals surface area contributed by atoms with Crippen LogP contribution in [0.25, 0.3) is 0 Å². The first kappa shape index (κ1) is 22.1. The maximum atomic E-state index is 12.9. The fourth-order valence-electron chi connectivity index (χ4n) is 3.10. The van der Waals surface area contributed by atoms with Crippen LogP contribution in [-0.2, 0) is 6.54 Å². The number of nitriles is 1. The summed E-state index contributed by atoms with van der Waals surface area (Å²) in [5.74, 6) is 0.0725. The number of hydrogen-bond donors (Lipinski definition) is 1. The second kappa shape index (κ2) is 9.49. The van der Waals surface area contributed by atoms with Crippen LogP contribution in [0.15, 0.2) is 57.8 Å². The van der Waals surface area contributed by atoms with Gasteiger partial charge in [0.15, 0.2) is 6.61 Å². The monoisotopic (exact) mass is 482 g/mol. The smallest absolute Gasteiger partial charge is 0.271 e. The number of halogens is 1. The summed E-state index contributed by atoms with van der Waals surface area (Å²) in [6.07, 6.45) is 0. The number of ketones is 1. The molecule has 0 saturated carbocycles. The number of methoxy groups -OCH3 is 1. The first-order valence-corrected chi connectivity index (χ1v) is 10.1. The van der Waals surface area contributed by atoms with Crippen molar-refractivity contribution >= 4 is 21.7 Å². The Hall–Kier alpha value is -3.57. The van der Waals surface area contributed by atoms with E-state index in [0.717, 1.165) is 9.04 Å². The van der Waals surface area contributed by atoms with Crippen LogP contribution in [0.4, 0.5) is 0 Å². The number of Topliss-reactive ketones (excluding diaryl/α,β-unsaturated/α-hetero) is 1. The van der Waals surface area contributed by atoms with E-state index in [4.69, 9.17) is 9.47 Å². The van der Waals surface area contributed by atoms with Crippen LogP contribution >= 0.6 is 15.9 Å². The van der Waals surface area contributed by atoms with Gasteiger partial charge in [-0.15, -0.1) is 0 Å². The first-order valence-electron chi connectivity index (χ1n) is 9.26. The van der Waals surface area contributed by atoms with Gasteiger partial charge in [-0.2, -0.15) is 5.26 Å². The van der Waals surface area contributed by atoms with E-state index in [1.165, 1.54) is 6.92 Å². The van der Waals surface area contributed by atoms with Crippen LogP contribution in [0.2, 0.25) is 0 Å². The van der Waals surface area contributed by atoms with Crippen LogP contribution < -0.4 is 15.0 Å². The summed E-state index contributed by atoms with van der Waals surface area (Å²) in [4.78, 5) is 25.6. The van der Waals surface area contributed by atoms with Crippen molar-refractivity contribution in [3.63, 3.8) is 0 Å². The Labute approximate surface area is 187 Å². The van der Waals surface area contributed by atoms with Crippen molar-refractivity contribution in [1.82, 2.24) is 4.57 Å². The minimum absolute atomic E-state index is 0.0164. The molecule has 0 amide bonds. The lowest BCUT2D eigenvalue weighted by molar-refractivity contribution is 0.0916. The molecule has 0 fully saturated rings. The molecule has 0 saturated heterocycles. The third-order valence-electron chi connectivity index (χ3n) is 4.76. The highest BCUT2D eigenvalue weighted by atomic mass is 79.9. The van der Waals surface area contributed by atoms with Gasteiger partial charge in [-0.25, -0.2) is 0 Å². The molecule has 31 heavy (non-hydrogen) atoms. The molecule has 0 bridgehead atoms. The Morgan fingerprint density at radius 1 is 1.13 bits per heavy atom. The Morgan fingerprint density at radius 2 is 1.74 bits per heavy atom. The average Bonchev–Trinajstić information content (AvgIpc) is 2.77. The maximum Gasteiger partial charge on any atom is 0.271 e. The molecule has 0 atom stereocenters. The quantitative estimate of drug-likeness (QED) is 0.513. The average molecular weight is 483 g/mol.